The van der Waals surface area contributed by atoms with Gasteiger partial charge in [0.1, 0.15) is 0 Å². The molecule has 0 radical (unpaired) electrons. The van der Waals surface area contributed by atoms with E-state index in [0.29, 0.717) is 0 Å². The van der Waals surface area contributed by atoms with Gasteiger partial charge in [0.25, 0.3) is 0 Å². The smallest absolute Gasteiger partial charge is 0.0843 e. The van der Waals surface area contributed by atoms with Crippen molar-refractivity contribution in [2.45, 2.75) is 32.4 Å². The Morgan fingerprint density at radius 2 is 2.35 bits per heavy atom. The molecule has 1 fully saturated rings. The zero-order valence-electron chi connectivity index (χ0n) is 10.0. The molecular formula is C12H18Br2N2S. The Balaban J connectivity index is 1.75. The molecule has 2 nitrogen and oxygen atoms in total. The predicted molar refractivity (Wildman–Crippen MR) is 81.7 cm³/mol. The van der Waals surface area contributed by atoms with Crippen LogP contribution in [0.2, 0.25) is 0 Å². The van der Waals surface area contributed by atoms with Crippen LogP contribution in [0.4, 0.5) is 0 Å². The van der Waals surface area contributed by atoms with Gasteiger partial charge in [-0.25, -0.2) is 0 Å². The number of nitrogens with zero attached hydrogens (tertiary/aromatic N) is 1. The number of halogens is 2. The highest BCUT2D eigenvalue weighted by Crippen LogP contribution is 2.32. The molecule has 1 aliphatic heterocycles. The van der Waals surface area contributed by atoms with Crippen molar-refractivity contribution in [1.29, 1.82) is 0 Å². The first-order chi connectivity index (χ1) is 8.20. The Kier molecular flexibility index (Phi) is 5.49. The Labute approximate surface area is 124 Å². The van der Waals surface area contributed by atoms with E-state index >= 15 is 0 Å². The lowest BCUT2D eigenvalue weighted by Crippen LogP contribution is -2.37. The van der Waals surface area contributed by atoms with E-state index in [1.54, 1.807) is 11.3 Å². The molecule has 5 heteroatoms. The van der Waals surface area contributed by atoms with Crippen molar-refractivity contribution >= 4 is 43.2 Å². The fourth-order valence-corrected chi connectivity index (χ4v) is 4.53. The molecule has 0 aliphatic carbocycles. The van der Waals surface area contributed by atoms with Crippen LogP contribution in [0.1, 0.15) is 24.6 Å². The van der Waals surface area contributed by atoms with Crippen molar-refractivity contribution in [1.82, 2.24) is 10.2 Å². The molecule has 1 unspecified atom stereocenters. The summed E-state index contributed by atoms with van der Waals surface area (Å²) in [5.41, 5.74) is 0. The molecule has 1 atom stereocenters. The summed E-state index contributed by atoms with van der Waals surface area (Å²) in [6.45, 7) is 6.80. The summed E-state index contributed by atoms with van der Waals surface area (Å²) in [6.07, 6.45) is 2.70. The first-order valence-corrected chi connectivity index (χ1v) is 8.49. The summed E-state index contributed by atoms with van der Waals surface area (Å²) in [5, 5.41) is 3.58. The fraction of sp³-hybridized carbons (Fsp3) is 0.667. The maximum atomic E-state index is 3.58. The molecule has 2 heterocycles. The third kappa shape index (κ3) is 3.77. The second-order valence-corrected chi connectivity index (χ2v) is 7.70. The largest absolute Gasteiger partial charge is 0.310 e. The van der Waals surface area contributed by atoms with Gasteiger partial charge in [-0.3, -0.25) is 4.90 Å². The predicted octanol–water partition coefficient (Wildman–Crippen LogP) is 3.85. The van der Waals surface area contributed by atoms with E-state index < -0.39 is 0 Å². The molecule has 1 aliphatic rings. The summed E-state index contributed by atoms with van der Waals surface area (Å²) < 4.78 is 2.35. The number of likely N-dealkylation sites (N-methyl/N-ethyl adjacent to an activating group) is 1. The molecule has 96 valence electrons. The number of thiophene rings is 1. The van der Waals surface area contributed by atoms with E-state index in [4.69, 9.17) is 0 Å². The van der Waals surface area contributed by atoms with E-state index in [0.717, 1.165) is 23.6 Å². The van der Waals surface area contributed by atoms with Gasteiger partial charge in [0.2, 0.25) is 0 Å². The molecule has 1 saturated heterocycles. The molecule has 0 spiro atoms. The normalized spacial score (nSPS) is 21.2. The SMILES string of the molecule is CCN1CCCC1CNCc1cc(Br)c(Br)s1. The summed E-state index contributed by atoms with van der Waals surface area (Å²) >= 11 is 8.85. The summed E-state index contributed by atoms with van der Waals surface area (Å²) in [5.74, 6) is 0. The fourth-order valence-electron chi connectivity index (χ4n) is 2.38. The zero-order chi connectivity index (χ0) is 12.3. The van der Waals surface area contributed by atoms with Crippen LogP contribution in [0, 0.1) is 0 Å². The lowest BCUT2D eigenvalue weighted by molar-refractivity contribution is 0.260. The van der Waals surface area contributed by atoms with Crippen molar-refractivity contribution in [3.8, 4) is 0 Å². The second kappa shape index (κ2) is 6.66. The van der Waals surface area contributed by atoms with Gasteiger partial charge in [-0.1, -0.05) is 6.92 Å². The van der Waals surface area contributed by atoms with Gasteiger partial charge in [0.15, 0.2) is 0 Å². The van der Waals surface area contributed by atoms with Gasteiger partial charge in [-0.2, -0.15) is 0 Å². The van der Waals surface area contributed by atoms with Crippen LogP contribution in [0.3, 0.4) is 0 Å². The summed E-state index contributed by atoms with van der Waals surface area (Å²) in [6, 6.07) is 2.93. The standard InChI is InChI=1S/C12H18Br2N2S/c1-2-16-5-3-4-9(16)7-15-8-10-6-11(13)12(14)17-10/h6,9,15H,2-5,7-8H2,1H3. The van der Waals surface area contributed by atoms with E-state index in [2.05, 4.69) is 55.1 Å². The number of nitrogens with one attached hydrogen (secondary N) is 1. The maximum absolute atomic E-state index is 3.58. The highest BCUT2D eigenvalue weighted by Gasteiger charge is 2.22. The van der Waals surface area contributed by atoms with E-state index in [-0.39, 0.29) is 0 Å². The van der Waals surface area contributed by atoms with Crippen molar-refractivity contribution in [2.75, 3.05) is 19.6 Å². The molecule has 0 bridgehead atoms. The van der Waals surface area contributed by atoms with Crippen LogP contribution < -0.4 is 5.32 Å². The second-order valence-electron chi connectivity index (χ2n) is 4.39. The number of rotatable bonds is 5. The van der Waals surface area contributed by atoms with E-state index in [9.17, 15) is 0 Å². The average Bonchev–Trinajstić information content (AvgIpc) is 2.87. The third-order valence-electron chi connectivity index (χ3n) is 3.28. The molecule has 2 rings (SSSR count). The van der Waals surface area contributed by atoms with Gasteiger partial charge in [-0.05, 0) is 63.9 Å². The molecular weight excluding hydrogens is 364 g/mol. The maximum Gasteiger partial charge on any atom is 0.0843 e. The summed E-state index contributed by atoms with van der Waals surface area (Å²) in [7, 11) is 0. The highest BCUT2D eigenvalue weighted by atomic mass is 79.9. The van der Waals surface area contributed by atoms with Crippen molar-refractivity contribution < 1.29 is 0 Å². The van der Waals surface area contributed by atoms with Crippen molar-refractivity contribution in [3.63, 3.8) is 0 Å². The van der Waals surface area contributed by atoms with Crippen molar-refractivity contribution in [3.05, 3.63) is 19.2 Å². The number of likely N-dealkylation sites (tertiary alicyclic amines) is 1. The Bertz CT molecular complexity index is 348. The van der Waals surface area contributed by atoms with Gasteiger partial charge in [0, 0.05) is 28.5 Å². The number of hydrogen-bond donors (Lipinski definition) is 1. The molecule has 0 saturated carbocycles. The molecule has 1 N–H and O–H groups in total. The van der Waals surface area contributed by atoms with Crippen LogP contribution in [0.5, 0.6) is 0 Å². The molecule has 1 aromatic rings. The van der Waals surface area contributed by atoms with Gasteiger partial charge < -0.3 is 5.32 Å². The van der Waals surface area contributed by atoms with Crippen LogP contribution >= 0.6 is 43.2 Å². The lowest BCUT2D eigenvalue weighted by atomic mass is 10.2. The number of hydrogen-bond acceptors (Lipinski definition) is 3. The van der Waals surface area contributed by atoms with Crippen LogP contribution in [0.25, 0.3) is 0 Å². The van der Waals surface area contributed by atoms with Gasteiger partial charge in [0.05, 0.1) is 3.79 Å². The minimum Gasteiger partial charge on any atom is -0.310 e. The monoisotopic (exact) mass is 380 g/mol. The average molecular weight is 382 g/mol. The molecule has 0 aromatic carbocycles. The van der Waals surface area contributed by atoms with Crippen molar-refractivity contribution in [2.24, 2.45) is 0 Å². The first kappa shape index (κ1) is 14.0. The third-order valence-corrected chi connectivity index (χ3v) is 6.54. The quantitative estimate of drug-likeness (QED) is 0.833. The Morgan fingerprint density at radius 1 is 1.53 bits per heavy atom. The lowest BCUT2D eigenvalue weighted by Gasteiger charge is -2.22. The molecule has 17 heavy (non-hydrogen) atoms. The van der Waals surface area contributed by atoms with Gasteiger partial charge in [-0.15, -0.1) is 11.3 Å². The summed E-state index contributed by atoms with van der Waals surface area (Å²) in [4.78, 5) is 3.96. The van der Waals surface area contributed by atoms with Crippen LogP contribution in [-0.2, 0) is 6.54 Å². The Hall–Kier alpha value is 0.580. The first-order valence-electron chi connectivity index (χ1n) is 6.09. The van der Waals surface area contributed by atoms with E-state index in [1.165, 1.54) is 34.6 Å². The topological polar surface area (TPSA) is 15.3 Å². The van der Waals surface area contributed by atoms with E-state index in [1.807, 2.05) is 0 Å². The van der Waals surface area contributed by atoms with Gasteiger partial charge >= 0.3 is 0 Å². The molecule has 1 aromatic heterocycles. The minimum atomic E-state index is 0.742. The Morgan fingerprint density at radius 3 is 3.00 bits per heavy atom. The highest BCUT2D eigenvalue weighted by molar-refractivity contribution is 9.13. The van der Waals surface area contributed by atoms with Crippen LogP contribution in [-0.4, -0.2) is 30.6 Å². The zero-order valence-corrected chi connectivity index (χ0v) is 14.0. The molecule has 0 amide bonds. The minimum absolute atomic E-state index is 0.742. The van der Waals surface area contributed by atoms with Crippen LogP contribution in [0.15, 0.2) is 14.3 Å².